The minimum Gasteiger partial charge on any atom is -0.325 e. The Morgan fingerprint density at radius 1 is 1.07 bits per heavy atom. The molecule has 0 saturated carbocycles. The Morgan fingerprint density at radius 2 is 1.79 bits per heavy atom. The van der Waals surface area contributed by atoms with Crippen molar-refractivity contribution in [3.8, 4) is 0 Å². The maximum Gasteiger partial charge on any atom is 0.246 e. The lowest BCUT2D eigenvalue weighted by atomic mass is 10.1. The maximum atomic E-state index is 13.9. The van der Waals surface area contributed by atoms with Crippen LogP contribution in [0.2, 0.25) is 0 Å². The SMILES string of the molecule is CCc1cccc(NC(=O)CN2CCN(S(=O)(=O)c3ccccc3F)CC2)c1. The third kappa shape index (κ3) is 4.76. The van der Waals surface area contributed by atoms with Crippen molar-refractivity contribution in [1.29, 1.82) is 0 Å². The van der Waals surface area contributed by atoms with E-state index in [1.165, 1.54) is 22.5 Å². The van der Waals surface area contributed by atoms with Gasteiger partial charge >= 0.3 is 0 Å². The first-order valence-electron chi connectivity index (χ1n) is 9.26. The number of amides is 1. The first-order valence-corrected chi connectivity index (χ1v) is 10.7. The predicted molar refractivity (Wildman–Crippen MR) is 106 cm³/mol. The van der Waals surface area contributed by atoms with Gasteiger partial charge < -0.3 is 5.32 Å². The van der Waals surface area contributed by atoms with E-state index >= 15 is 0 Å². The number of nitrogens with zero attached hydrogens (tertiary/aromatic N) is 2. The Balaban J connectivity index is 1.55. The Hall–Kier alpha value is -2.29. The molecule has 1 amide bonds. The van der Waals surface area contributed by atoms with Crippen LogP contribution >= 0.6 is 0 Å². The van der Waals surface area contributed by atoms with Gasteiger partial charge in [0.15, 0.2) is 0 Å². The van der Waals surface area contributed by atoms with Gasteiger partial charge in [-0.25, -0.2) is 12.8 Å². The number of benzene rings is 2. The summed E-state index contributed by atoms with van der Waals surface area (Å²) < 4.78 is 40.4. The van der Waals surface area contributed by atoms with E-state index < -0.39 is 15.8 Å². The smallest absolute Gasteiger partial charge is 0.246 e. The average Bonchev–Trinajstić information content (AvgIpc) is 2.68. The fraction of sp³-hybridized carbons (Fsp3) is 0.350. The number of carbonyl (C=O) groups is 1. The van der Waals surface area contributed by atoms with Crippen LogP contribution in [0, 0.1) is 5.82 Å². The summed E-state index contributed by atoms with van der Waals surface area (Å²) in [6, 6.07) is 13.1. The molecule has 6 nitrogen and oxygen atoms in total. The van der Waals surface area contributed by atoms with Crippen LogP contribution in [0.5, 0.6) is 0 Å². The zero-order chi connectivity index (χ0) is 20.1. The van der Waals surface area contributed by atoms with E-state index in [1.807, 2.05) is 29.2 Å². The fourth-order valence-corrected chi connectivity index (χ4v) is 4.68. The van der Waals surface area contributed by atoms with Crippen molar-refractivity contribution < 1.29 is 17.6 Å². The zero-order valence-electron chi connectivity index (χ0n) is 15.8. The maximum absolute atomic E-state index is 13.9. The van der Waals surface area contributed by atoms with Crippen molar-refractivity contribution in [3.63, 3.8) is 0 Å². The largest absolute Gasteiger partial charge is 0.325 e. The van der Waals surface area contributed by atoms with Crippen LogP contribution < -0.4 is 5.32 Å². The van der Waals surface area contributed by atoms with Crippen molar-refractivity contribution in [2.24, 2.45) is 0 Å². The normalized spacial score (nSPS) is 16.1. The van der Waals surface area contributed by atoms with E-state index in [9.17, 15) is 17.6 Å². The monoisotopic (exact) mass is 405 g/mol. The molecule has 1 saturated heterocycles. The highest BCUT2D eigenvalue weighted by Crippen LogP contribution is 2.20. The molecule has 1 aliphatic heterocycles. The molecule has 2 aromatic rings. The van der Waals surface area contributed by atoms with E-state index in [0.717, 1.165) is 23.7 Å². The summed E-state index contributed by atoms with van der Waals surface area (Å²) in [7, 11) is -3.87. The number of carbonyl (C=O) groups excluding carboxylic acids is 1. The number of hydrogen-bond donors (Lipinski definition) is 1. The second-order valence-corrected chi connectivity index (χ2v) is 8.62. The van der Waals surface area contributed by atoms with E-state index in [0.29, 0.717) is 13.1 Å². The van der Waals surface area contributed by atoms with Gasteiger partial charge in [0.1, 0.15) is 10.7 Å². The molecule has 8 heteroatoms. The number of aryl methyl sites for hydroxylation is 1. The summed E-state index contributed by atoms with van der Waals surface area (Å²) in [4.78, 5) is 13.9. The van der Waals surface area contributed by atoms with Crippen LogP contribution in [0.25, 0.3) is 0 Å². The lowest BCUT2D eigenvalue weighted by Crippen LogP contribution is -2.50. The molecule has 0 radical (unpaired) electrons. The van der Waals surface area contributed by atoms with Gasteiger partial charge in [-0.1, -0.05) is 31.2 Å². The number of halogens is 1. The van der Waals surface area contributed by atoms with Gasteiger partial charge in [0.2, 0.25) is 15.9 Å². The summed E-state index contributed by atoms with van der Waals surface area (Å²) in [5.74, 6) is -0.891. The number of hydrogen-bond acceptors (Lipinski definition) is 4. The highest BCUT2D eigenvalue weighted by Gasteiger charge is 2.30. The Bertz CT molecular complexity index is 941. The molecular formula is C20H24FN3O3S. The standard InChI is InChI=1S/C20H24FN3O3S/c1-2-16-6-5-7-17(14-16)22-20(25)15-23-10-12-24(13-11-23)28(26,27)19-9-4-3-8-18(19)21/h3-9,14H,2,10-13,15H2,1H3,(H,22,25). The second kappa shape index (κ2) is 8.81. The number of sulfonamides is 1. The van der Waals surface area contributed by atoms with Crippen LogP contribution in [0.1, 0.15) is 12.5 Å². The van der Waals surface area contributed by atoms with Gasteiger partial charge in [-0.05, 0) is 36.2 Å². The highest BCUT2D eigenvalue weighted by atomic mass is 32.2. The van der Waals surface area contributed by atoms with Gasteiger partial charge in [-0.3, -0.25) is 9.69 Å². The van der Waals surface area contributed by atoms with Gasteiger partial charge in [0.25, 0.3) is 0 Å². The minimum absolute atomic E-state index is 0.140. The third-order valence-corrected chi connectivity index (χ3v) is 6.70. The zero-order valence-corrected chi connectivity index (χ0v) is 16.6. The molecule has 0 unspecified atom stereocenters. The van der Waals surface area contributed by atoms with Crippen LogP contribution in [-0.2, 0) is 21.2 Å². The molecule has 1 N–H and O–H groups in total. The molecule has 0 aromatic heterocycles. The number of rotatable bonds is 6. The molecule has 0 spiro atoms. The van der Waals surface area contributed by atoms with Crippen molar-refractivity contribution in [3.05, 3.63) is 59.9 Å². The minimum atomic E-state index is -3.87. The van der Waals surface area contributed by atoms with Gasteiger partial charge in [0.05, 0.1) is 6.54 Å². The number of anilines is 1. The molecule has 2 aromatic carbocycles. The van der Waals surface area contributed by atoms with Crippen LogP contribution in [0.3, 0.4) is 0 Å². The van der Waals surface area contributed by atoms with E-state index in [-0.39, 0.29) is 30.4 Å². The summed E-state index contributed by atoms with van der Waals surface area (Å²) in [5.41, 5.74) is 1.90. The third-order valence-electron chi connectivity index (χ3n) is 4.77. The lowest BCUT2D eigenvalue weighted by molar-refractivity contribution is -0.117. The molecule has 3 rings (SSSR count). The molecule has 0 atom stereocenters. The topological polar surface area (TPSA) is 69.7 Å². The Labute approximate surface area is 165 Å². The molecular weight excluding hydrogens is 381 g/mol. The van der Waals surface area contributed by atoms with E-state index in [4.69, 9.17) is 0 Å². The van der Waals surface area contributed by atoms with Gasteiger partial charge in [-0.2, -0.15) is 4.31 Å². The molecule has 1 heterocycles. The number of piperazine rings is 1. The Morgan fingerprint density at radius 3 is 2.46 bits per heavy atom. The van der Waals surface area contributed by atoms with Crippen molar-refractivity contribution in [2.75, 3.05) is 38.0 Å². The second-order valence-electron chi connectivity index (χ2n) is 6.71. The molecule has 1 fully saturated rings. The summed E-state index contributed by atoms with van der Waals surface area (Å²) >= 11 is 0. The summed E-state index contributed by atoms with van der Waals surface area (Å²) in [5, 5.41) is 2.88. The van der Waals surface area contributed by atoms with Crippen molar-refractivity contribution in [1.82, 2.24) is 9.21 Å². The van der Waals surface area contributed by atoms with Gasteiger partial charge in [0, 0.05) is 31.9 Å². The van der Waals surface area contributed by atoms with Crippen molar-refractivity contribution >= 4 is 21.6 Å². The highest BCUT2D eigenvalue weighted by molar-refractivity contribution is 7.89. The van der Waals surface area contributed by atoms with Crippen LogP contribution in [0.15, 0.2) is 53.4 Å². The number of nitrogens with one attached hydrogen (secondary N) is 1. The average molecular weight is 405 g/mol. The van der Waals surface area contributed by atoms with Crippen LogP contribution in [-0.4, -0.2) is 56.3 Å². The first kappa shape index (κ1) is 20.4. The molecule has 1 aliphatic rings. The molecule has 0 bridgehead atoms. The molecule has 150 valence electrons. The van der Waals surface area contributed by atoms with Crippen LogP contribution in [0.4, 0.5) is 10.1 Å². The summed E-state index contributed by atoms with van der Waals surface area (Å²) in [6.45, 7) is 3.50. The van der Waals surface area contributed by atoms with E-state index in [1.54, 1.807) is 0 Å². The van der Waals surface area contributed by atoms with E-state index in [2.05, 4.69) is 12.2 Å². The summed E-state index contributed by atoms with van der Waals surface area (Å²) in [6.07, 6.45) is 0.891. The van der Waals surface area contributed by atoms with Crippen molar-refractivity contribution in [2.45, 2.75) is 18.2 Å². The van der Waals surface area contributed by atoms with Gasteiger partial charge in [-0.15, -0.1) is 0 Å². The first-order chi connectivity index (χ1) is 13.4. The Kier molecular flexibility index (Phi) is 6.43. The molecule has 0 aliphatic carbocycles. The quantitative estimate of drug-likeness (QED) is 0.801. The molecule has 28 heavy (non-hydrogen) atoms. The lowest BCUT2D eigenvalue weighted by Gasteiger charge is -2.33. The fourth-order valence-electron chi connectivity index (χ4n) is 3.19. The predicted octanol–water partition coefficient (Wildman–Crippen LogP) is 2.33.